The summed E-state index contributed by atoms with van der Waals surface area (Å²) >= 11 is 0. The zero-order chi connectivity index (χ0) is 29.3. The first-order valence-electron chi connectivity index (χ1n) is 12.2. The van der Waals surface area contributed by atoms with Crippen molar-refractivity contribution in [2.75, 3.05) is 12.3 Å². The fourth-order valence-corrected chi connectivity index (χ4v) is 5.76. The molecule has 14 nitrogen and oxygen atoms in total. The number of aromatic nitrogens is 4. The molecule has 15 heteroatoms. The molecule has 4 atom stereocenters. The van der Waals surface area contributed by atoms with E-state index in [1.807, 2.05) is 0 Å². The number of ether oxygens (including phenoxy) is 3. The van der Waals surface area contributed by atoms with Gasteiger partial charge >= 0.3 is 19.8 Å². The van der Waals surface area contributed by atoms with Gasteiger partial charge in [0, 0.05) is 13.8 Å². The highest BCUT2D eigenvalue weighted by Crippen LogP contribution is 2.56. The van der Waals surface area contributed by atoms with Gasteiger partial charge in [0.15, 0.2) is 35.4 Å². The Kier molecular flexibility index (Phi) is 8.88. The van der Waals surface area contributed by atoms with E-state index in [9.17, 15) is 14.2 Å². The fraction of sp³-hybridized carbons (Fsp3) is 0.625. The number of anilines is 1. The smallest absolute Gasteiger partial charge is 0.456 e. The van der Waals surface area contributed by atoms with E-state index in [2.05, 4.69) is 21.5 Å². The van der Waals surface area contributed by atoms with Crippen LogP contribution in [-0.4, -0.2) is 67.6 Å². The molecule has 3 rings (SSSR count). The van der Waals surface area contributed by atoms with Crippen LogP contribution in [0.15, 0.2) is 12.9 Å². The Morgan fingerprint density at radius 2 is 1.64 bits per heavy atom. The van der Waals surface area contributed by atoms with Crippen molar-refractivity contribution in [3.63, 3.8) is 0 Å². The van der Waals surface area contributed by atoms with E-state index in [1.54, 1.807) is 41.5 Å². The number of hydrogen-bond donors (Lipinski definition) is 1. The molecule has 3 heterocycles. The molecule has 0 aromatic carbocycles. The molecule has 0 amide bonds. The lowest BCUT2D eigenvalue weighted by Crippen LogP contribution is -2.40. The van der Waals surface area contributed by atoms with Crippen LogP contribution in [0.1, 0.15) is 67.4 Å². The lowest BCUT2D eigenvalue weighted by Gasteiger charge is -2.31. The number of phosphoric acid groups is 1. The first kappa shape index (κ1) is 30.6. The Morgan fingerprint density at radius 3 is 2.15 bits per heavy atom. The Morgan fingerprint density at radius 1 is 1.08 bits per heavy atom. The number of rotatable bonds is 9. The third kappa shape index (κ3) is 7.61. The highest BCUT2D eigenvalue weighted by Gasteiger charge is 2.52. The summed E-state index contributed by atoms with van der Waals surface area (Å²) in [5, 5.41) is 0. The molecule has 1 fully saturated rings. The van der Waals surface area contributed by atoms with Crippen molar-refractivity contribution in [2.24, 2.45) is 0 Å². The second-order valence-corrected chi connectivity index (χ2v) is 12.4. The van der Waals surface area contributed by atoms with Crippen molar-refractivity contribution in [3.8, 4) is 0 Å². The highest BCUT2D eigenvalue weighted by molar-refractivity contribution is 7.48. The van der Waals surface area contributed by atoms with Crippen LogP contribution in [-0.2, 0) is 41.9 Å². The van der Waals surface area contributed by atoms with Gasteiger partial charge in [-0.25, -0.2) is 19.5 Å². The summed E-state index contributed by atoms with van der Waals surface area (Å²) < 4.78 is 49.6. The summed E-state index contributed by atoms with van der Waals surface area (Å²) in [4.78, 5) is 36.9. The van der Waals surface area contributed by atoms with Gasteiger partial charge in [-0.1, -0.05) is 6.58 Å². The Bertz CT molecular complexity index is 1260. The number of imidazole rings is 1. The quantitative estimate of drug-likeness (QED) is 0.343. The second-order valence-electron chi connectivity index (χ2n) is 10.8. The minimum atomic E-state index is -4.16. The van der Waals surface area contributed by atoms with Gasteiger partial charge in [-0.15, -0.1) is 0 Å². The topological polar surface area (TPSA) is 176 Å². The van der Waals surface area contributed by atoms with Gasteiger partial charge < -0.3 is 19.9 Å². The summed E-state index contributed by atoms with van der Waals surface area (Å²) in [7, 11) is -4.16. The molecule has 0 unspecified atom stereocenters. The van der Waals surface area contributed by atoms with E-state index in [0.29, 0.717) is 0 Å². The number of nitrogens with zero attached hydrogens (tertiary/aromatic N) is 4. The van der Waals surface area contributed by atoms with Crippen molar-refractivity contribution in [3.05, 3.63) is 18.7 Å². The first-order chi connectivity index (χ1) is 17.9. The summed E-state index contributed by atoms with van der Waals surface area (Å²) in [5.41, 5.74) is 4.75. The van der Waals surface area contributed by atoms with Gasteiger partial charge in [0.1, 0.15) is 18.3 Å². The summed E-state index contributed by atoms with van der Waals surface area (Å²) in [6, 6.07) is 0. The number of phosphoric ester groups is 1. The maximum Gasteiger partial charge on any atom is 0.475 e. The first-order valence-corrected chi connectivity index (χ1v) is 13.7. The molecule has 1 saturated heterocycles. The maximum atomic E-state index is 13.6. The van der Waals surface area contributed by atoms with Crippen molar-refractivity contribution in [2.45, 2.75) is 91.1 Å². The number of fused-ring (bicyclic) bond motifs is 1. The molecule has 1 aliphatic rings. The van der Waals surface area contributed by atoms with Crippen LogP contribution in [0.4, 0.5) is 5.82 Å². The van der Waals surface area contributed by atoms with E-state index >= 15 is 0 Å². The lowest BCUT2D eigenvalue weighted by atomic mass is 10.1. The zero-order valence-corrected chi connectivity index (χ0v) is 24.3. The highest BCUT2D eigenvalue weighted by atomic mass is 31.2. The number of nitrogens with two attached hydrogens (primary N) is 1. The number of carbonyl (C=O) groups excluding carboxylic acids is 2. The normalized spacial score (nSPS) is 22.2. The van der Waals surface area contributed by atoms with Gasteiger partial charge in [-0.05, 0) is 47.6 Å². The van der Waals surface area contributed by atoms with Gasteiger partial charge in [0.25, 0.3) is 0 Å². The van der Waals surface area contributed by atoms with Crippen LogP contribution in [0.5, 0.6) is 0 Å². The summed E-state index contributed by atoms with van der Waals surface area (Å²) in [5.74, 6) is -0.943. The lowest BCUT2D eigenvalue weighted by molar-refractivity contribution is -0.165. The molecule has 0 bridgehead atoms. The monoisotopic (exact) mass is 569 g/mol. The van der Waals surface area contributed by atoms with E-state index in [0.717, 1.165) is 0 Å². The molecule has 0 aliphatic carbocycles. The molecule has 0 spiro atoms. The van der Waals surface area contributed by atoms with Gasteiger partial charge in [-0.3, -0.25) is 27.7 Å². The average molecular weight is 570 g/mol. The van der Waals surface area contributed by atoms with E-state index < -0.39 is 62.1 Å². The minimum Gasteiger partial charge on any atom is -0.456 e. The predicted molar refractivity (Wildman–Crippen MR) is 140 cm³/mol. The van der Waals surface area contributed by atoms with Gasteiger partial charge in [-0.2, -0.15) is 0 Å². The maximum absolute atomic E-state index is 13.6. The molecule has 0 radical (unpaired) electrons. The van der Waals surface area contributed by atoms with Crippen LogP contribution >= 0.6 is 7.82 Å². The Labute approximate surface area is 226 Å². The van der Waals surface area contributed by atoms with Crippen LogP contribution < -0.4 is 5.73 Å². The third-order valence-corrected chi connectivity index (χ3v) is 7.04. The Balaban J connectivity index is 2.05. The standard InChI is InChI=1S/C24H36N5O9P/c1-10-16-28-17-20(25)26-12-27-21(17)29(16)22-19(35-14(3)31)18(34-13(2)30)15(36-22)11-33-39(32,37-23(4,5)6)38-24(7,8)9/h10,12,15,18-19,22H,1,11H2,2-9H3,(H2,25,26,27)/t15-,18-,19-,22-/m1/s1. The third-order valence-electron chi connectivity index (χ3n) is 5.03. The number of carbonyl (C=O) groups is 2. The predicted octanol–water partition coefficient (Wildman–Crippen LogP) is 3.57. The van der Waals surface area contributed by atoms with Crippen molar-refractivity contribution in [1.29, 1.82) is 0 Å². The largest absolute Gasteiger partial charge is 0.475 e. The van der Waals surface area contributed by atoms with E-state index in [1.165, 1.54) is 30.8 Å². The molecule has 1 aliphatic heterocycles. The van der Waals surface area contributed by atoms with Gasteiger partial charge in [0.2, 0.25) is 0 Å². The second kappa shape index (κ2) is 11.3. The average Bonchev–Trinajstić information content (AvgIpc) is 3.28. The van der Waals surface area contributed by atoms with Crippen molar-refractivity contribution >= 4 is 42.8 Å². The fourth-order valence-electron chi connectivity index (χ4n) is 3.95. The van der Waals surface area contributed by atoms with Crippen LogP contribution in [0.3, 0.4) is 0 Å². The SMILES string of the molecule is C=Cc1nc2c(N)ncnc2n1[C@@H]1O[C@H](COP(=O)(OC(C)(C)C)OC(C)(C)C)[C@@H](OC(C)=O)[C@H]1OC(C)=O. The molecule has 2 aromatic heterocycles. The molecular formula is C24H36N5O9P. The number of esters is 2. The Hall–Kier alpha value is -2.90. The molecule has 2 N–H and O–H groups in total. The van der Waals surface area contributed by atoms with Crippen LogP contribution in [0.2, 0.25) is 0 Å². The molecule has 0 saturated carbocycles. The van der Waals surface area contributed by atoms with E-state index in [4.69, 9.17) is 33.5 Å². The van der Waals surface area contributed by atoms with E-state index in [-0.39, 0.29) is 22.8 Å². The zero-order valence-electron chi connectivity index (χ0n) is 23.4. The van der Waals surface area contributed by atoms with Gasteiger partial charge in [0.05, 0.1) is 17.8 Å². The number of nitrogen functional groups attached to an aromatic ring is 1. The van der Waals surface area contributed by atoms with Crippen molar-refractivity contribution < 1.29 is 41.9 Å². The molecular weight excluding hydrogens is 533 g/mol. The van der Waals surface area contributed by atoms with Crippen LogP contribution in [0, 0.1) is 0 Å². The molecule has 2 aromatic rings. The van der Waals surface area contributed by atoms with Crippen molar-refractivity contribution in [1.82, 2.24) is 19.5 Å². The minimum absolute atomic E-state index is 0.111. The molecule has 216 valence electrons. The molecule has 39 heavy (non-hydrogen) atoms. The summed E-state index contributed by atoms with van der Waals surface area (Å²) in [6.07, 6.45) is -1.89. The van der Waals surface area contributed by atoms with Crippen LogP contribution in [0.25, 0.3) is 17.2 Å². The summed E-state index contributed by atoms with van der Waals surface area (Å²) in [6.45, 7) is 16.0. The number of hydrogen-bond acceptors (Lipinski definition) is 13.